The number of alkyl halides is 3. The maximum atomic E-state index is 13.1. The van der Waals surface area contributed by atoms with E-state index in [4.69, 9.17) is 0 Å². The molecule has 2 aromatic rings. The molecule has 26 heavy (non-hydrogen) atoms. The maximum Gasteiger partial charge on any atom is 0.418 e. The second kappa shape index (κ2) is 8.66. The van der Waals surface area contributed by atoms with Crippen LogP contribution in [0.25, 0.3) is 0 Å². The maximum absolute atomic E-state index is 13.1. The van der Waals surface area contributed by atoms with Crippen LogP contribution in [-0.2, 0) is 6.18 Å². The number of carbonyl (C=O) groups is 1. The number of nitrogens with one attached hydrogen (secondary N) is 2. The monoisotopic (exact) mass is 366 g/mol. The SMILES string of the molecule is CN(C)CCCNC(=O)c1cc(Nc2ccccc2C(F)(F)F)ccn1. The molecular weight excluding hydrogens is 345 g/mol. The Labute approximate surface area is 150 Å². The zero-order valence-corrected chi connectivity index (χ0v) is 14.6. The van der Waals surface area contributed by atoms with E-state index in [-0.39, 0.29) is 17.3 Å². The number of carbonyl (C=O) groups excluding carboxylic acids is 1. The molecule has 0 aliphatic carbocycles. The quantitative estimate of drug-likeness (QED) is 0.736. The first-order valence-corrected chi connectivity index (χ1v) is 8.09. The number of anilines is 2. The summed E-state index contributed by atoms with van der Waals surface area (Å²) in [7, 11) is 3.88. The van der Waals surface area contributed by atoms with E-state index in [9.17, 15) is 18.0 Å². The van der Waals surface area contributed by atoms with E-state index >= 15 is 0 Å². The Kier molecular flexibility index (Phi) is 6.57. The third-order valence-corrected chi connectivity index (χ3v) is 3.57. The van der Waals surface area contributed by atoms with Crippen LogP contribution in [0.3, 0.4) is 0 Å². The molecule has 1 amide bonds. The van der Waals surface area contributed by atoms with Crippen molar-refractivity contribution in [2.24, 2.45) is 0 Å². The minimum Gasteiger partial charge on any atom is -0.355 e. The van der Waals surface area contributed by atoms with E-state index in [1.807, 2.05) is 19.0 Å². The molecule has 0 atom stereocenters. The van der Waals surface area contributed by atoms with Gasteiger partial charge in [-0.1, -0.05) is 12.1 Å². The average Bonchev–Trinajstić information content (AvgIpc) is 2.58. The summed E-state index contributed by atoms with van der Waals surface area (Å²) >= 11 is 0. The van der Waals surface area contributed by atoms with Crippen LogP contribution in [0.4, 0.5) is 24.5 Å². The Morgan fingerprint density at radius 2 is 1.92 bits per heavy atom. The summed E-state index contributed by atoms with van der Waals surface area (Å²) in [5, 5.41) is 5.46. The molecule has 0 saturated carbocycles. The molecule has 0 aliphatic rings. The van der Waals surface area contributed by atoms with E-state index in [1.165, 1.54) is 36.5 Å². The number of aromatic nitrogens is 1. The van der Waals surface area contributed by atoms with E-state index in [2.05, 4.69) is 15.6 Å². The van der Waals surface area contributed by atoms with Gasteiger partial charge in [0.15, 0.2) is 0 Å². The third kappa shape index (κ3) is 5.73. The Morgan fingerprint density at radius 3 is 2.62 bits per heavy atom. The highest BCUT2D eigenvalue weighted by Gasteiger charge is 2.33. The summed E-state index contributed by atoms with van der Waals surface area (Å²) in [5.74, 6) is -0.364. The van der Waals surface area contributed by atoms with Crippen molar-refractivity contribution in [3.63, 3.8) is 0 Å². The van der Waals surface area contributed by atoms with Crippen LogP contribution in [0.2, 0.25) is 0 Å². The molecule has 5 nitrogen and oxygen atoms in total. The predicted octanol–water partition coefficient (Wildman–Crippen LogP) is 3.53. The number of pyridine rings is 1. The first-order chi connectivity index (χ1) is 12.3. The lowest BCUT2D eigenvalue weighted by molar-refractivity contribution is -0.136. The molecule has 0 spiro atoms. The Bertz CT molecular complexity index is 747. The first kappa shape index (κ1) is 19.7. The number of hydrogen-bond donors (Lipinski definition) is 2. The summed E-state index contributed by atoms with van der Waals surface area (Å²) in [6.07, 6.45) is -2.30. The largest absolute Gasteiger partial charge is 0.418 e. The molecule has 1 aromatic heterocycles. The molecule has 0 unspecified atom stereocenters. The molecule has 1 heterocycles. The number of nitrogens with zero attached hydrogens (tertiary/aromatic N) is 2. The Balaban J connectivity index is 2.07. The molecule has 0 radical (unpaired) electrons. The number of rotatable bonds is 7. The van der Waals surface area contributed by atoms with Gasteiger partial charge in [-0.15, -0.1) is 0 Å². The number of para-hydroxylation sites is 1. The third-order valence-electron chi connectivity index (χ3n) is 3.57. The highest BCUT2D eigenvalue weighted by atomic mass is 19.4. The smallest absolute Gasteiger partial charge is 0.355 e. The summed E-state index contributed by atoms with van der Waals surface area (Å²) in [4.78, 5) is 18.1. The van der Waals surface area contributed by atoms with Gasteiger partial charge in [-0.2, -0.15) is 13.2 Å². The molecular formula is C18H21F3N4O. The van der Waals surface area contributed by atoms with Crippen LogP contribution in [0.5, 0.6) is 0 Å². The number of halogens is 3. The summed E-state index contributed by atoms with van der Waals surface area (Å²) < 4.78 is 39.2. The number of hydrogen-bond acceptors (Lipinski definition) is 4. The minimum atomic E-state index is -4.47. The van der Waals surface area contributed by atoms with Gasteiger partial charge in [-0.3, -0.25) is 9.78 Å². The van der Waals surface area contributed by atoms with Gasteiger partial charge >= 0.3 is 6.18 Å². The highest BCUT2D eigenvalue weighted by Crippen LogP contribution is 2.35. The normalized spacial score (nSPS) is 11.5. The second-order valence-electron chi connectivity index (χ2n) is 6.01. The molecule has 1 aromatic carbocycles. The van der Waals surface area contributed by atoms with Crippen molar-refractivity contribution in [3.05, 3.63) is 53.9 Å². The van der Waals surface area contributed by atoms with Crippen molar-refractivity contribution in [2.75, 3.05) is 32.5 Å². The molecule has 0 fully saturated rings. The lowest BCUT2D eigenvalue weighted by Gasteiger charge is -2.14. The average molecular weight is 366 g/mol. The molecule has 8 heteroatoms. The summed E-state index contributed by atoms with van der Waals surface area (Å²) in [5.41, 5.74) is -0.352. The van der Waals surface area contributed by atoms with Crippen molar-refractivity contribution in [1.82, 2.24) is 15.2 Å². The van der Waals surface area contributed by atoms with Crippen LogP contribution >= 0.6 is 0 Å². The molecule has 0 aliphatic heterocycles. The second-order valence-corrected chi connectivity index (χ2v) is 6.01. The molecule has 0 bridgehead atoms. The van der Waals surface area contributed by atoms with Gasteiger partial charge in [-0.05, 0) is 51.3 Å². The van der Waals surface area contributed by atoms with Crippen molar-refractivity contribution in [3.8, 4) is 0 Å². The van der Waals surface area contributed by atoms with Gasteiger partial charge in [0.25, 0.3) is 5.91 Å². The predicted molar refractivity (Wildman–Crippen MR) is 94.5 cm³/mol. The number of benzene rings is 1. The minimum absolute atomic E-state index is 0.0801. The van der Waals surface area contributed by atoms with Gasteiger partial charge in [0, 0.05) is 18.4 Å². The fourth-order valence-corrected chi connectivity index (χ4v) is 2.32. The van der Waals surface area contributed by atoms with Gasteiger partial charge < -0.3 is 15.5 Å². The molecule has 2 rings (SSSR count). The van der Waals surface area contributed by atoms with E-state index in [0.29, 0.717) is 12.2 Å². The van der Waals surface area contributed by atoms with Crippen molar-refractivity contribution in [2.45, 2.75) is 12.6 Å². The van der Waals surface area contributed by atoms with Crippen molar-refractivity contribution < 1.29 is 18.0 Å². The molecule has 2 N–H and O–H groups in total. The van der Waals surface area contributed by atoms with Crippen LogP contribution in [0.1, 0.15) is 22.5 Å². The highest BCUT2D eigenvalue weighted by molar-refractivity contribution is 5.93. The van der Waals surface area contributed by atoms with Crippen LogP contribution < -0.4 is 10.6 Å². The lowest BCUT2D eigenvalue weighted by Crippen LogP contribution is -2.27. The fourth-order valence-electron chi connectivity index (χ4n) is 2.32. The standard InChI is InChI=1S/C18H21F3N4O/c1-25(2)11-5-9-23-17(26)16-12-13(8-10-22-16)24-15-7-4-3-6-14(15)18(19,20)21/h3-4,6-8,10,12H,5,9,11H2,1-2H3,(H,22,24)(H,23,26). The van der Waals surface area contributed by atoms with Crippen molar-refractivity contribution in [1.29, 1.82) is 0 Å². The number of amides is 1. The van der Waals surface area contributed by atoms with Crippen molar-refractivity contribution >= 4 is 17.3 Å². The van der Waals surface area contributed by atoms with Gasteiger partial charge in [-0.25, -0.2) is 0 Å². The zero-order chi connectivity index (χ0) is 19.2. The van der Waals surface area contributed by atoms with Gasteiger partial charge in [0.2, 0.25) is 0 Å². The molecule has 0 saturated heterocycles. The van der Waals surface area contributed by atoms with Gasteiger partial charge in [0.1, 0.15) is 5.69 Å². The van der Waals surface area contributed by atoms with Crippen LogP contribution in [0, 0.1) is 0 Å². The van der Waals surface area contributed by atoms with E-state index in [1.54, 1.807) is 0 Å². The van der Waals surface area contributed by atoms with Crippen LogP contribution in [0.15, 0.2) is 42.6 Å². The van der Waals surface area contributed by atoms with E-state index in [0.717, 1.165) is 19.0 Å². The topological polar surface area (TPSA) is 57.3 Å². The summed E-state index contributed by atoms with van der Waals surface area (Å²) in [6, 6.07) is 8.11. The van der Waals surface area contributed by atoms with E-state index < -0.39 is 11.7 Å². The Hall–Kier alpha value is -2.61. The fraction of sp³-hybridized carbons (Fsp3) is 0.333. The van der Waals surface area contributed by atoms with Crippen LogP contribution in [-0.4, -0.2) is 43.0 Å². The Morgan fingerprint density at radius 1 is 1.19 bits per heavy atom. The lowest BCUT2D eigenvalue weighted by atomic mass is 10.1. The first-order valence-electron chi connectivity index (χ1n) is 8.09. The molecule has 140 valence electrons. The zero-order valence-electron chi connectivity index (χ0n) is 14.6. The summed E-state index contributed by atoms with van der Waals surface area (Å²) in [6.45, 7) is 1.33. The van der Waals surface area contributed by atoms with Gasteiger partial charge in [0.05, 0.1) is 11.3 Å².